The fraction of sp³-hybridized carbons (Fsp3) is 0.250. The van der Waals surface area contributed by atoms with E-state index in [0.29, 0.717) is 35.3 Å². The molecule has 0 spiro atoms. The van der Waals surface area contributed by atoms with Gasteiger partial charge in [0.1, 0.15) is 5.75 Å². The minimum absolute atomic E-state index is 0.154. The van der Waals surface area contributed by atoms with Gasteiger partial charge in [-0.3, -0.25) is 4.79 Å². The van der Waals surface area contributed by atoms with E-state index in [1.54, 1.807) is 19.2 Å². The zero-order valence-corrected chi connectivity index (χ0v) is 15.0. The molecule has 0 aliphatic heterocycles. The van der Waals surface area contributed by atoms with Crippen LogP contribution in [0.3, 0.4) is 0 Å². The van der Waals surface area contributed by atoms with Gasteiger partial charge < -0.3 is 14.6 Å². The number of hydrogen-bond donors (Lipinski definition) is 1. The average molecular weight is 351 g/mol. The molecule has 1 N–H and O–H groups in total. The molecule has 26 heavy (non-hydrogen) atoms. The van der Waals surface area contributed by atoms with Gasteiger partial charge in [-0.2, -0.15) is 4.98 Å². The number of rotatable bonds is 6. The van der Waals surface area contributed by atoms with E-state index in [4.69, 9.17) is 9.26 Å². The molecule has 0 saturated carbocycles. The fourth-order valence-electron chi connectivity index (χ4n) is 2.45. The minimum Gasteiger partial charge on any atom is -0.497 e. The third-order valence-electron chi connectivity index (χ3n) is 3.85. The van der Waals surface area contributed by atoms with Crippen LogP contribution in [-0.4, -0.2) is 29.7 Å². The van der Waals surface area contributed by atoms with Crippen LogP contribution >= 0.6 is 0 Å². The van der Waals surface area contributed by atoms with Gasteiger partial charge in [0.25, 0.3) is 11.8 Å². The first-order chi connectivity index (χ1) is 12.6. The van der Waals surface area contributed by atoms with E-state index in [-0.39, 0.29) is 5.91 Å². The van der Waals surface area contributed by atoms with Crippen LogP contribution in [0.2, 0.25) is 0 Å². The van der Waals surface area contributed by atoms with Gasteiger partial charge in [0, 0.05) is 12.1 Å². The van der Waals surface area contributed by atoms with E-state index in [1.165, 1.54) is 0 Å². The van der Waals surface area contributed by atoms with E-state index in [2.05, 4.69) is 15.5 Å². The predicted molar refractivity (Wildman–Crippen MR) is 98.9 cm³/mol. The van der Waals surface area contributed by atoms with Crippen LogP contribution in [0.5, 0.6) is 5.75 Å². The second kappa shape index (κ2) is 7.82. The maximum absolute atomic E-state index is 12.5. The zero-order chi connectivity index (χ0) is 18.5. The Morgan fingerprint density at radius 3 is 2.58 bits per heavy atom. The summed E-state index contributed by atoms with van der Waals surface area (Å²) in [5.74, 6) is 1.74. The first kappa shape index (κ1) is 17.7. The van der Waals surface area contributed by atoms with Gasteiger partial charge in [0.2, 0.25) is 5.82 Å². The molecule has 6 heteroatoms. The first-order valence-corrected chi connectivity index (χ1v) is 8.44. The highest BCUT2D eigenvalue weighted by Gasteiger charge is 2.18. The Morgan fingerprint density at radius 2 is 1.88 bits per heavy atom. The van der Waals surface area contributed by atoms with Crippen molar-refractivity contribution in [1.82, 2.24) is 15.5 Å². The molecule has 1 aromatic heterocycles. The highest BCUT2D eigenvalue weighted by molar-refractivity contribution is 6.00. The van der Waals surface area contributed by atoms with Crippen molar-refractivity contribution in [2.45, 2.75) is 13.8 Å². The molecule has 3 aromatic rings. The zero-order valence-electron chi connectivity index (χ0n) is 15.0. The molecular formula is C20H21N3O3. The van der Waals surface area contributed by atoms with Crippen molar-refractivity contribution in [2.75, 3.05) is 13.7 Å². The highest BCUT2D eigenvalue weighted by Crippen LogP contribution is 2.26. The summed E-state index contributed by atoms with van der Waals surface area (Å²) in [5, 5.41) is 6.95. The van der Waals surface area contributed by atoms with Gasteiger partial charge in [0.15, 0.2) is 0 Å². The number of benzene rings is 2. The van der Waals surface area contributed by atoms with E-state index >= 15 is 0 Å². The van der Waals surface area contributed by atoms with Crippen LogP contribution in [0.4, 0.5) is 0 Å². The Balaban J connectivity index is 1.88. The molecule has 0 unspecified atom stereocenters. The largest absolute Gasteiger partial charge is 0.497 e. The lowest BCUT2D eigenvalue weighted by Crippen LogP contribution is -2.27. The number of carbonyl (C=O) groups excluding carboxylic acids is 1. The fourth-order valence-corrected chi connectivity index (χ4v) is 2.45. The number of nitrogens with zero attached hydrogens (tertiary/aromatic N) is 2. The second-order valence-corrected chi connectivity index (χ2v) is 6.30. The lowest BCUT2D eigenvalue weighted by atomic mass is 10.1. The van der Waals surface area contributed by atoms with Gasteiger partial charge in [-0.25, -0.2) is 0 Å². The number of aromatic nitrogens is 2. The number of hydrogen-bond acceptors (Lipinski definition) is 5. The number of carbonyl (C=O) groups is 1. The minimum atomic E-state index is -0.154. The summed E-state index contributed by atoms with van der Waals surface area (Å²) in [4.78, 5) is 16.9. The van der Waals surface area contributed by atoms with Crippen molar-refractivity contribution in [1.29, 1.82) is 0 Å². The Hall–Kier alpha value is -3.15. The molecule has 0 aliphatic carbocycles. The van der Waals surface area contributed by atoms with Crippen molar-refractivity contribution in [3.63, 3.8) is 0 Å². The predicted octanol–water partition coefficient (Wildman–Crippen LogP) is 3.80. The quantitative estimate of drug-likeness (QED) is 0.731. The number of amides is 1. The van der Waals surface area contributed by atoms with Gasteiger partial charge in [0.05, 0.1) is 18.2 Å². The summed E-state index contributed by atoms with van der Waals surface area (Å²) >= 11 is 0. The van der Waals surface area contributed by atoms with Crippen LogP contribution in [-0.2, 0) is 0 Å². The van der Waals surface area contributed by atoms with Gasteiger partial charge >= 0.3 is 0 Å². The normalized spacial score (nSPS) is 10.8. The number of nitrogens with one attached hydrogen (secondary N) is 1. The Morgan fingerprint density at radius 1 is 1.15 bits per heavy atom. The molecule has 0 bridgehead atoms. The second-order valence-electron chi connectivity index (χ2n) is 6.30. The molecule has 0 fully saturated rings. The van der Waals surface area contributed by atoms with Crippen molar-refractivity contribution < 1.29 is 14.1 Å². The Kier molecular flexibility index (Phi) is 5.31. The Labute approximate surface area is 152 Å². The molecule has 134 valence electrons. The summed E-state index contributed by atoms with van der Waals surface area (Å²) in [6.45, 7) is 4.70. The van der Waals surface area contributed by atoms with Crippen molar-refractivity contribution >= 4 is 5.91 Å². The molecule has 1 amide bonds. The third kappa shape index (κ3) is 3.91. The summed E-state index contributed by atoms with van der Waals surface area (Å²) < 4.78 is 10.6. The third-order valence-corrected chi connectivity index (χ3v) is 3.85. The molecular weight excluding hydrogens is 330 g/mol. The topological polar surface area (TPSA) is 77.2 Å². The first-order valence-electron chi connectivity index (χ1n) is 8.44. The van der Waals surface area contributed by atoms with Crippen molar-refractivity contribution in [3.05, 3.63) is 54.1 Å². The van der Waals surface area contributed by atoms with Crippen LogP contribution in [0.15, 0.2) is 53.1 Å². The monoisotopic (exact) mass is 351 g/mol. The van der Waals surface area contributed by atoms with Gasteiger partial charge in [-0.1, -0.05) is 31.1 Å². The number of methoxy groups -OCH3 is 1. The molecule has 2 aromatic carbocycles. The van der Waals surface area contributed by atoms with Crippen LogP contribution < -0.4 is 10.1 Å². The van der Waals surface area contributed by atoms with E-state index in [9.17, 15) is 4.79 Å². The maximum atomic E-state index is 12.5. The van der Waals surface area contributed by atoms with Crippen molar-refractivity contribution in [2.24, 2.45) is 5.92 Å². The molecule has 0 aliphatic rings. The van der Waals surface area contributed by atoms with Crippen LogP contribution in [0.25, 0.3) is 22.8 Å². The smallest absolute Gasteiger partial charge is 0.259 e. The maximum Gasteiger partial charge on any atom is 0.259 e. The molecule has 0 radical (unpaired) electrons. The number of ether oxygens (including phenoxy) is 1. The van der Waals surface area contributed by atoms with Gasteiger partial charge in [-0.05, 0) is 42.3 Å². The van der Waals surface area contributed by atoms with E-state index in [0.717, 1.165) is 11.3 Å². The lowest BCUT2D eigenvalue weighted by molar-refractivity contribution is 0.0949. The molecule has 1 heterocycles. The SMILES string of the molecule is COc1ccc(-c2noc(-c3ccccc3C(=O)NCC(C)C)n2)cc1. The average Bonchev–Trinajstić information content (AvgIpc) is 3.16. The molecule has 6 nitrogen and oxygen atoms in total. The van der Waals surface area contributed by atoms with E-state index < -0.39 is 0 Å². The standard InChI is InChI=1S/C20H21N3O3/c1-13(2)12-21-19(24)16-6-4-5-7-17(16)20-22-18(23-26-20)14-8-10-15(25-3)11-9-14/h4-11,13H,12H2,1-3H3,(H,21,24). The molecule has 0 saturated heterocycles. The molecule has 0 atom stereocenters. The summed E-state index contributed by atoms with van der Waals surface area (Å²) in [5.41, 5.74) is 1.93. The van der Waals surface area contributed by atoms with Gasteiger partial charge in [-0.15, -0.1) is 0 Å². The Bertz CT molecular complexity index is 885. The summed E-state index contributed by atoms with van der Waals surface area (Å²) in [6, 6.07) is 14.6. The highest BCUT2D eigenvalue weighted by atomic mass is 16.5. The van der Waals surface area contributed by atoms with Crippen LogP contribution in [0.1, 0.15) is 24.2 Å². The van der Waals surface area contributed by atoms with E-state index in [1.807, 2.05) is 50.2 Å². The lowest BCUT2D eigenvalue weighted by Gasteiger charge is -2.09. The summed E-state index contributed by atoms with van der Waals surface area (Å²) in [6.07, 6.45) is 0. The van der Waals surface area contributed by atoms with Crippen LogP contribution in [0, 0.1) is 5.92 Å². The molecule has 3 rings (SSSR count). The van der Waals surface area contributed by atoms with Crippen molar-refractivity contribution in [3.8, 4) is 28.6 Å². The summed E-state index contributed by atoms with van der Waals surface area (Å²) in [7, 11) is 1.61.